The molecule has 8 heteroatoms. The second-order valence-electron chi connectivity index (χ2n) is 6.80. The number of nitrogens with one attached hydrogen (secondary N) is 1. The molecule has 28 heavy (non-hydrogen) atoms. The number of fused-ring (bicyclic) bond motifs is 1. The lowest BCUT2D eigenvalue weighted by Crippen LogP contribution is -2.52. The molecule has 0 spiro atoms. The van der Waals surface area contributed by atoms with Crippen molar-refractivity contribution in [2.45, 2.75) is 19.8 Å². The Balaban J connectivity index is 1.27. The largest absolute Gasteiger partial charge is 0.461 e. The fourth-order valence-corrected chi connectivity index (χ4v) is 4.22. The van der Waals surface area contributed by atoms with Gasteiger partial charge in [-0.15, -0.1) is 0 Å². The van der Waals surface area contributed by atoms with E-state index in [-0.39, 0.29) is 0 Å². The smallest absolute Gasteiger partial charge is 0.205 e. The molecule has 0 unspecified atom stereocenters. The van der Waals surface area contributed by atoms with Crippen LogP contribution in [0.2, 0.25) is 0 Å². The van der Waals surface area contributed by atoms with Crippen LogP contribution in [0.4, 0.5) is 5.13 Å². The van der Waals surface area contributed by atoms with E-state index in [0.717, 1.165) is 79.2 Å². The van der Waals surface area contributed by atoms with E-state index in [4.69, 9.17) is 4.42 Å². The number of piperazine rings is 1. The Morgan fingerprint density at radius 3 is 2.79 bits per heavy atom. The molecule has 148 valence electrons. The van der Waals surface area contributed by atoms with Crippen LogP contribution < -0.4 is 10.2 Å². The molecule has 4 rings (SSSR count). The predicted molar refractivity (Wildman–Crippen MR) is 114 cm³/mol. The molecule has 3 aromatic rings. The number of para-hydroxylation sites is 1. The summed E-state index contributed by atoms with van der Waals surface area (Å²) >= 11 is 1.50. The fourth-order valence-electron chi connectivity index (χ4n) is 3.42. The Labute approximate surface area is 169 Å². The first-order valence-corrected chi connectivity index (χ1v) is 10.5. The van der Waals surface area contributed by atoms with Gasteiger partial charge in [0.15, 0.2) is 5.96 Å². The van der Waals surface area contributed by atoms with E-state index in [9.17, 15) is 0 Å². The third kappa shape index (κ3) is 4.11. The summed E-state index contributed by atoms with van der Waals surface area (Å²) in [6, 6.07) is 10.2. The van der Waals surface area contributed by atoms with Gasteiger partial charge in [0, 0.05) is 69.5 Å². The highest BCUT2D eigenvalue weighted by atomic mass is 32.1. The maximum atomic E-state index is 5.89. The van der Waals surface area contributed by atoms with Crippen molar-refractivity contribution in [2.24, 2.45) is 4.99 Å². The van der Waals surface area contributed by atoms with Crippen molar-refractivity contribution in [1.29, 1.82) is 0 Å². The summed E-state index contributed by atoms with van der Waals surface area (Å²) in [5.41, 5.74) is 0.945. The fraction of sp³-hybridized carbons (Fsp3) is 0.450. The summed E-state index contributed by atoms with van der Waals surface area (Å²) in [6.07, 6.45) is 1.72. The van der Waals surface area contributed by atoms with E-state index in [1.54, 1.807) is 0 Å². The van der Waals surface area contributed by atoms with Crippen molar-refractivity contribution in [3.8, 4) is 0 Å². The summed E-state index contributed by atoms with van der Waals surface area (Å²) in [6.45, 7) is 6.59. The van der Waals surface area contributed by atoms with E-state index < -0.39 is 0 Å². The number of furan rings is 1. The van der Waals surface area contributed by atoms with Gasteiger partial charge in [0.1, 0.15) is 17.2 Å². The molecular weight excluding hydrogens is 372 g/mol. The summed E-state index contributed by atoms with van der Waals surface area (Å²) in [5.74, 6) is 2.88. The second-order valence-corrected chi connectivity index (χ2v) is 7.53. The third-order valence-corrected chi connectivity index (χ3v) is 5.78. The minimum absolute atomic E-state index is 0.795. The molecule has 1 N–H and O–H groups in total. The average molecular weight is 399 g/mol. The number of benzene rings is 1. The molecule has 1 aliphatic rings. The second kappa shape index (κ2) is 8.60. The van der Waals surface area contributed by atoms with Crippen molar-refractivity contribution in [3.05, 3.63) is 41.9 Å². The van der Waals surface area contributed by atoms with Gasteiger partial charge in [-0.2, -0.15) is 4.37 Å². The number of hydrogen-bond acceptors (Lipinski definition) is 6. The summed E-state index contributed by atoms with van der Waals surface area (Å²) in [4.78, 5) is 13.7. The number of rotatable bonds is 5. The van der Waals surface area contributed by atoms with Crippen molar-refractivity contribution >= 4 is 33.6 Å². The number of guanidine groups is 1. The van der Waals surface area contributed by atoms with E-state index in [1.165, 1.54) is 11.5 Å². The molecule has 0 amide bonds. The highest BCUT2D eigenvalue weighted by Gasteiger charge is 2.22. The van der Waals surface area contributed by atoms with Crippen molar-refractivity contribution in [2.75, 3.05) is 44.7 Å². The zero-order valence-electron chi connectivity index (χ0n) is 16.4. The van der Waals surface area contributed by atoms with Gasteiger partial charge in [0.05, 0.1) is 0 Å². The van der Waals surface area contributed by atoms with E-state index >= 15 is 0 Å². The van der Waals surface area contributed by atoms with E-state index in [0.29, 0.717) is 0 Å². The molecule has 0 saturated carbocycles. The maximum Gasteiger partial charge on any atom is 0.205 e. The quantitative estimate of drug-likeness (QED) is 0.526. The number of anilines is 1. The van der Waals surface area contributed by atoms with Crippen LogP contribution >= 0.6 is 11.5 Å². The molecule has 3 heterocycles. The van der Waals surface area contributed by atoms with Gasteiger partial charge in [-0.1, -0.05) is 25.1 Å². The predicted octanol–water partition coefficient (Wildman–Crippen LogP) is 2.79. The monoisotopic (exact) mass is 398 g/mol. The number of aliphatic imine (C=N–C) groups is 1. The molecule has 0 aliphatic carbocycles. The number of nitrogens with zero attached hydrogens (tertiary/aromatic N) is 5. The van der Waals surface area contributed by atoms with Crippen LogP contribution in [-0.4, -0.2) is 60.0 Å². The standard InChI is InChI=1S/C20H26N6OS/c1-3-18-23-20(28-24-18)26-12-10-25(11-13-26)19(21-2)22-9-8-16-14-15-6-4-5-7-17(15)27-16/h4-7,14H,3,8-13H2,1-2H3,(H,21,22). The topological polar surface area (TPSA) is 69.8 Å². The molecular formula is C20H26N6OS. The van der Waals surface area contributed by atoms with Crippen molar-refractivity contribution < 1.29 is 4.42 Å². The van der Waals surface area contributed by atoms with Crippen LogP contribution in [-0.2, 0) is 12.8 Å². The molecule has 1 aromatic carbocycles. The van der Waals surface area contributed by atoms with Gasteiger partial charge in [0.2, 0.25) is 5.13 Å². The lowest BCUT2D eigenvalue weighted by atomic mass is 10.2. The molecule has 0 atom stereocenters. The van der Waals surface area contributed by atoms with Crippen LogP contribution in [0.3, 0.4) is 0 Å². The third-order valence-electron chi connectivity index (χ3n) is 4.97. The van der Waals surface area contributed by atoms with E-state index in [1.807, 2.05) is 25.2 Å². The Hall–Kier alpha value is -2.61. The Kier molecular flexibility index (Phi) is 5.76. The zero-order chi connectivity index (χ0) is 19.3. The lowest BCUT2D eigenvalue weighted by molar-refractivity contribution is 0.372. The van der Waals surface area contributed by atoms with Crippen LogP contribution in [0, 0.1) is 0 Å². The number of hydrogen-bond donors (Lipinski definition) is 1. The van der Waals surface area contributed by atoms with Gasteiger partial charge in [-0.05, 0) is 12.1 Å². The SMILES string of the molecule is CCc1nsc(N2CCN(C(=NC)NCCc3cc4ccccc4o3)CC2)n1. The van der Waals surface area contributed by atoms with Crippen LogP contribution in [0.15, 0.2) is 39.7 Å². The first kappa shape index (κ1) is 18.7. The van der Waals surface area contributed by atoms with Gasteiger partial charge < -0.3 is 19.5 Å². The lowest BCUT2D eigenvalue weighted by Gasteiger charge is -2.36. The van der Waals surface area contributed by atoms with Crippen LogP contribution in [0.5, 0.6) is 0 Å². The molecule has 0 bridgehead atoms. The number of aromatic nitrogens is 2. The Morgan fingerprint density at radius 2 is 2.07 bits per heavy atom. The first-order chi connectivity index (χ1) is 13.8. The molecule has 2 aromatic heterocycles. The van der Waals surface area contributed by atoms with Gasteiger partial charge in [-0.3, -0.25) is 4.99 Å². The number of aryl methyl sites for hydroxylation is 1. The van der Waals surface area contributed by atoms with Gasteiger partial charge in [-0.25, -0.2) is 4.98 Å². The molecule has 1 fully saturated rings. The van der Waals surface area contributed by atoms with Crippen LogP contribution in [0.1, 0.15) is 18.5 Å². The summed E-state index contributed by atoms with van der Waals surface area (Å²) in [5, 5.41) is 5.66. The maximum absolute atomic E-state index is 5.89. The first-order valence-electron chi connectivity index (χ1n) is 9.77. The summed E-state index contributed by atoms with van der Waals surface area (Å²) in [7, 11) is 1.84. The van der Waals surface area contributed by atoms with Gasteiger partial charge in [0.25, 0.3) is 0 Å². The normalized spacial score (nSPS) is 15.4. The minimum Gasteiger partial charge on any atom is -0.461 e. The average Bonchev–Trinajstić information content (AvgIpc) is 3.38. The molecule has 1 aliphatic heterocycles. The van der Waals surface area contributed by atoms with Crippen LogP contribution in [0.25, 0.3) is 11.0 Å². The molecule has 1 saturated heterocycles. The van der Waals surface area contributed by atoms with Gasteiger partial charge >= 0.3 is 0 Å². The Morgan fingerprint density at radius 1 is 1.25 bits per heavy atom. The van der Waals surface area contributed by atoms with E-state index in [2.05, 4.69) is 48.5 Å². The minimum atomic E-state index is 0.795. The van der Waals surface area contributed by atoms with Crippen molar-refractivity contribution in [1.82, 2.24) is 19.6 Å². The summed E-state index contributed by atoms with van der Waals surface area (Å²) < 4.78 is 10.3. The zero-order valence-corrected chi connectivity index (χ0v) is 17.2. The highest BCUT2D eigenvalue weighted by molar-refractivity contribution is 7.09. The van der Waals surface area contributed by atoms with Crippen molar-refractivity contribution in [3.63, 3.8) is 0 Å². The Bertz CT molecular complexity index is 908. The molecule has 7 nitrogen and oxygen atoms in total. The highest BCUT2D eigenvalue weighted by Crippen LogP contribution is 2.20. The molecule has 0 radical (unpaired) electrons.